The van der Waals surface area contributed by atoms with Gasteiger partial charge in [0.1, 0.15) is 0 Å². The predicted molar refractivity (Wildman–Crippen MR) is 95.1 cm³/mol. The highest BCUT2D eigenvalue weighted by Crippen LogP contribution is 2.54. The molecule has 2 aliphatic heterocycles. The second-order valence-corrected chi connectivity index (χ2v) is 6.80. The van der Waals surface area contributed by atoms with Crippen LogP contribution in [0.4, 0.5) is 11.4 Å². The van der Waals surface area contributed by atoms with Crippen LogP contribution in [0.5, 0.6) is 0 Å². The molecular weight excluding hydrogens is 298 g/mol. The molecule has 0 radical (unpaired) electrons. The monoisotopic (exact) mass is 317 g/mol. The molecule has 1 spiro atoms. The van der Waals surface area contributed by atoms with Gasteiger partial charge >= 0.3 is 0 Å². The van der Waals surface area contributed by atoms with Crippen molar-refractivity contribution in [1.29, 1.82) is 0 Å². The summed E-state index contributed by atoms with van der Waals surface area (Å²) in [5.74, 6) is 0.216. The van der Waals surface area contributed by atoms with Gasteiger partial charge < -0.3 is 5.32 Å². The van der Waals surface area contributed by atoms with Crippen molar-refractivity contribution in [3.8, 4) is 0 Å². The maximum absolute atomic E-state index is 13.3. The minimum atomic E-state index is -0.728. The molecule has 120 valence electrons. The SMILES string of the molecule is O=C1Nc2ccccc2C12C1CCCCC1=NN2c1ccccc1. The van der Waals surface area contributed by atoms with E-state index in [4.69, 9.17) is 5.10 Å². The molecule has 0 saturated heterocycles. The summed E-state index contributed by atoms with van der Waals surface area (Å²) < 4.78 is 0. The van der Waals surface area contributed by atoms with Gasteiger partial charge in [-0.25, -0.2) is 5.01 Å². The highest BCUT2D eigenvalue weighted by atomic mass is 16.2. The van der Waals surface area contributed by atoms with E-state index < -0.39 is 5.54 Å². The first-order valence-corrected chi connectivity index (χ1v) is 8.65. The van der Waals surface area contributed by atoms with Crippen LogP contribution < -0.4 is 10.3 Å². The summed E-state index contributed by atoms with van der Waals surface area (Å²) in [6.45, 7) is 0. The van der Waals surface area contributed by atoms with Crippen molar-refractivity contribution in [2.45, 2.75) is 31.2 Å². The largest absolute Gasteiger partial charge is 0.323 e. The molecule has 1 N–H and O–H groups in total. The van der Waals surface area contributed by atoms with Gasteiger partial charge in [0.25, 0.3) is 5.91 Å². The van der Waals surface area contributed by atoms with E-state index in [2.05, 4.69) is 11.4 Å². The van der Waals surface area contributed by atoms with E-state index in [1.807, 2.05) is 53.5 Å². The van der Waals surface area contributed by atoms with Crippen LogP contribution in [0.15, 0.2) is 59.7 Å². The zero-order valence-corrected chi connectivity index (χ0v) is 13.4. The van der Waals surface area contributed by atoms with E-state index in [0.717, 1.165) is 42.6 Å². The summed E-state index contributed by atoms with van der Waals surface area (Å²) in [5.41, 5.74) is 3.41. The van der Waals surface area contributed by atoms with Crippen LogP contribution in [0.2, 0.25) is 0 Å². The molecule has 2 aromatic carbocycles. The number of hydrogen-bond acceptors (Lipinski definition) is 3. The Hall–Kier alpha value is -2.62. The third-order valence-electron chi connectivity index (χ3n) is 5.58. The first-order valence-electron chi connectivity index (χ1n) is 8.65. The lowest BCUT2D eigenvalue weighted by atomic mass is 9.71. The predicted octanol–water partition coefficient (Wildman–Crippen LogP) is 3.90. The normalized spacial score (nSPS) is 27.7. The van der Waals surface area contributed by atoms with Gasteiger partial charge in [0.2, 0.25) is 0 Å². The molecule has 5 rings (SSSR count). The summed E-state index contributed by atoms with van der Waals surface area (Å²) in [7, 11) is 0. The summed E-state index contributed by atoms with van der Waals surface area (Å²) in [5, 5.41) is 10.0. The van der Waals surface area contributed by atoms with Crippen LogP contribution in [0.1, 0.15) is 31.2 Å². The van der Waals surface area contributed by atoms with Crippen LogP contribution in [0, 0.1) is 5.92 Å². The Morgan fingerprint density at radius 2 is 1.83 bits per heavy atom. The van der Waals surface area contributed by atoms with Gasteiger partial charge in [0.05, 0.1) is 5.69 Å². The molecule has 2 aromatic rings. The van der Waals surface area contributed by atoms with Gasteiger partial charge in [-0.1, -0.05) is 42.8 Å². The van der Waals surface area contributed by atoms with Gasteiger partial charge in [-0.2, -0.15) is 5.10 Å². The van der Waals surface area contributed by atoms with Crippen molar-refractivity contribution < 1.29 is 4.79 Å². The number of carbonyl (C=O) groups excluding carboxylic acids is 1. The fourth-order valence-electron chi connectivity index (χ4n) is 4.57. The Labute approximate surface area is 141 Å². The number of anilines is 2. The zero-order chi connectivity index (χ0) is 16.1. The number of para-hydroxylation sites is 2. The Morgan fingerprint density at radius 1 is 1.04 bits per heavy atom. The molecule has 2 heterocycles. The van der Waals surface area contributed by atoms with Gasteiger partial charge in [-0.3, -0.25) is 4.79 Å². The van der Waals surface area contributed by atoms with Crippen molar-refractivity contribution >= 4 is 23.0 Å². The molecule has 2 unspecified atom stereocenters. The molecule has 4 nitrogen and oxygen atoms in total. The molecular formula is C20H19N3O. The standard InChI is InChI=1S/C20H19N3O/c24-19-20(15-10-4-6-12-17(15)21-19)16-11-5-7-13-18(16)22-23(20)14-8-2-1-3-9-14/h1-4,6,8-10,12,16H,5,7,11,13H2,(H,21,24). The van der Waals surface area contributed by atoms with Crippen molar-refractivity contribution in [2.75, 3.05) is 10.3 Å². The number of carbonyl (C=O) groups is 1. The van der Waals surface area contributed by atoms with E-state index in [0.29, 0.717) is 0 Å². The third kappa shape index (κ3) is 1.63. The van der Waals surface area contributed by atoms with Crippen LogP contribution in [-0.4, -0.2) is 11.6 Å². The van der Waals surface area contributed by atoms with Crippen LogP contribution >= 0.6 is 0 Å². The van der Waals surface area contributed by atoms with Gasteiger partial charge in [0.15, 0.2) is 5.54 Å². The lowest BCUT2D eigenvalue weighted by Crippen LogP contribution is -2.52. The molecule has 24 heavy (non-hydrogen) atoms. The number of fused-ring (bicyclic) bond motifs is 4. The lowest BCUT2D eigenvalue weighted by molar-refractivity contribution is -0.121. The highest BCUT2D eigenvalue weighted by Gasteiger charge is 2.61. The average Bonchev–Trinajstić information content (AvgIpc) is 3.13. The third-order valence-corrected chi connectivity index (χ3v) is 5.58. The number of hydrazone groups is 1. The Bertz CT molecular complexity index is 845. The highest BCUT2D eigenvalue weighted by molar-refractivity contribution is 6.13. The van der Waals surface area contributed by atoms with E-state index in [-0.39, 0.29) is 11.8 Å². The molecule has 2 atom stereocenters. The molecule has 1 saturated carbocycles. The number of amides is 1. The van der Waals surface area contributed by atoms with Crippen molar-refractivity contribution in [3.63, 3.8) is 0 Å². The number of hydrogen-bond donors (Lipinski definition) is 1. The summed E-state index contributed by atoms with van der Waals surface area (Å²) >= 11 is 0. The minimum absolute atomic E-state index is 0.0539. The molecule has 0 bridgehead atoms. The Balaban J connectivity index is 1.76. The van der Waals surface area contributed by atoms with E-state index >= 15 is 0 Å². The fourth-order valence-corrected chi connectivity index (χ4v) is 4.57. The first kappa shape index (κ1) is 13.8. The molecule has 4 heteroatoms. The molecule has 1 amide bonds. The maximum atomic E-state index is 13.3. The van der Waals surface area contributed by atoms with E-state index in [1.54, 1.807) is 0 Å². The smallest absolute Gasteiger partial charge is 0.257 e. The molecule has 0 aromatic heterocycles. The van der Waals surface area contributed by atoms with Crippen LogP contribution in [0.3, 0.4) is 0 Å². The van der Waals surface area contributed by atoms with Gasteiger partial charge in [-0.05, 0) is 37.5 Å². The summed E-state index contributed by atoms with van der Waals surface area (Å²) in [6, 6.07) is 18.1. The van der Waals surface area contributed by atoms with Crippen LogP contribution in [-0.2, 0) is 10.3 Å². The lowest BCUT2D eigenvalue weighted by Gasteiger charge is -2.38. The number of nitrogens with zero attached hydrogens (tertiary/aromatic N) is 2. The number of rotatable bonds is 1. The Morgan fingerprint density at radius 3 is 2.71 bits per heavy atom. The van der Waals surface area contributed by atoms with E-state index in [1.165, 1.54) is 5.71 Å². The minimum Gasteiger partial charge on any atom is -0.323 e. The molecule has 1 fully saturated rings. The molecule has 1 aliphatic carbocycles. The topological polar surface area (TPSA) is 44.7 Å². The van der Waals surface area contributed by atoms with Gasteiger partial charge in [0, 0.05) is 22.9 Å². The fraction of sp³-hybridized carbons (Fsp3) is 0.300. The average molecular weight is 317 g/mol. The van der Waals surface area contributed by atoms with E-state index in [9.17, 15) is 4.79 Å². The first-order chi connectivity index (χ1) is 11.8. The van der Waals surface area contributed by atoms with Crippen molar-refractivity contribution in [2.24, 2.45) is 11.0 Å². The summed E-state index contributed by atoms with van der Waals surface area (Å²) in [6.07, 6.45) is 4.33. The summed E-state index contributed by atoms with van der Waals surface area (Å²) in [4.78, 5) is 13.3. The number of benzene rings is 2. The number of nitrogens with one attached hydrogen (secondary N) is 1. The van der Waals surface area contributed by atoms with Crippen molar-refractivity contribution in [1.82, 2.24) is 0 Å². The Kier molecular flexibility index (Phi) is 2.84. The molecule has 3 aliphatic rings. The maximum Gasteiger partial charge on any atom is 0.257 e. The van der Waals surface area contributed by atoms with Crippen LogP contribution in [0.25, 0.3) is 0 Å². The van der Waals surface area contributed by atoms with Crippen molar-refractivity contribution in [3.05, 3.63) is 60.2 Å². The zero-order valence-electron chi connectivity index (χ0n) is 13.4. The second-order valence-electron chi connectivity index (χ2n) is 6.80. The second kappa shape index (κ2) is 4.94. The van der Waals surface area contributed by atoms with Gasteiger partial charge in [-0.15, -0.1) is 0 Å². The quantitative estimate of drug-likeness (QED) is 0.867.